The van der Waals surface area contributed by atoms with Crippen molar-refractivity contribution >= 4 is 0 Å². The lowest BCUT2D eigenvalue weighted by Crippen LogP contribution is -2.45. The average Bonchev–Trinajstić information content (AvgIpc) is 2.27. The highest BCUT2D eigenvalue weighted by atomic mass is 15.1. The fraction of sp³-hybridized carbons (Fsp3) is 1.00. The van der Waals surface area contributed by atoms with Gasteiger partial charge in [0.2, 0.25) is 0 Å². The summed E-state index contributed by atoms with van der Waals surface area (Å²) in [6, 6.07) is 1.43. The van der Waals surface area contributed by atoms with Crippen molar-refractivity contribution in [1.82, 2.24) is 10.2 Å². The predicted octanol–water partition coefficient (Wildman–Crippen LogP) is 2.89. The lowest BCUT2D eigenvalue weighted by Gasteiger charge is -2.40. The minimum atomic E-state index is 0.634. The molecule has 0 bridgehead atoms. The van der Waals surface area contributed by atoms with Crippen LogP contribution in [0.3, 0.4) is 0 Å². The number of hydrogen-bond donors (Lipinski definition) is 1. The summed E-state index contributed by atoms with van der Waals surface area (Å²) in [4.78, 5) is 2.28. The van der Waals surface area contributed by atoms with Crippen LogP contribution in [0.2, 0.25) is 0 Å². The molecule has 2 saturated carbocycles. The molecule has 4 atom stereocenters. The molecule has 0 heterocycles. The van der Waals surface area contributed by atoms with E-state index in [0.717, 1.165) is 24.4 Å². The summed E-state index contributed by atoms with van der Waals surface area (Å²) in [5, 5.41) is 3.84. The molecule has 1 N–H and O–H groups in total. The molecule has 0 aromatic heterocycles. The van der Waals surface area contributed by atoms with Crippen molar-refractivity contribution in [1.29, 1.82) is 0 Å². The van der Waals surface area contributed by atoms with E-state index in [2.05, 4.69) is 31.2 Å². The second-order valence-electron chi connectivity index (χ2n) is 6.64. The van der Waals surface area contributed by atoms with Crippen molar-refractivity contribution in [3.63, 3.8) is 0 Å². The Kier molecular flexibility index (Phi) is 4.87. The number of nitrogens with one attached hydrogen (secondary N) is 1. The first-order valence-electron chi connectivity index (χ1n) is 7.56. The normalized spacial score (nSPS) is 35.6. The van der Waals surface area contributed by atoms with E-state index in [4.69, 9.17) is 0 Å². The largest absolute Gasteiger partial charge is 0.310 e. The molecule has 2 fully saturated rings. The van der Waals surface area contributed by atoms with Crippen LogP contribution in [0.25, 0.3) is 0 Å². The van der Waals surface area contributed by atoms with E-state index >= 15 is 0 Å². The third-order valence-electron chi connectivity index (χ3n) is 4.70. The van der Waals surface area contributed by atoms with E-state index < -0.39 is 0 Å². The Bertz CT molecular complexity index is 227. The van der Waals surface area contributed by atoms with Crippen LogP contribution in [0.15, 0.2) is 0 Å². The third kappa shape index (κ3) is 3.96. The van der Waals surface area contributed by atoms with Crippen LogP contribution in [0.4, 0.5) is 0 Å². The van der Waals surface area contributed by atoms with Crippen LogP contribution in [0, 0.1) is 11.8 Å². The lowest BCUT2D eigenvalue weighted by atomic mass is 9.69. The summed E-state index contributed by atoms with van der Waals surface area (Å²) in [5.41, 5.74) is 0. The van der Waals surface area contributed by atoms with Gasteiger partial charge in [-0.3, -0.25) is 0 Å². The first-order valence-corrected chi connectivity index (χ1v) is 7.56. The zero-order valence-electron chi connectivity index (χ0n) is 11.9. The number of hydrogen-bond acceptors (Lipinski definition) is 2. The lowest BCUT2D eigenvalue weighted by molar-refractivity contribution is 0.137. The molecule has 0 saturated heterocycles. The maximum absolute atomic E-state index is 3.84. The van der Waals surface area contributed by atoms with Crippen LogP contribution in [-0.2, 0) is 0 Å². The average molecular weight is 238 g/mol. The van der Waals surface area contributed by atoms with Crippen LogP contribution in [0.1, 0.15) is 51.9 Å². The van der Waals surface area contributed by atoms with Gasteiger partial charge in [-0.1, -0.05) is 25.7 Å². The van der Waals surface area contributed by atoms with Gasteiger partial charge in [0, 0.05) is 18.6 Å². The van der Waals surface area contributed by atoms with Crippen molar-refractivity contribution in [2.45, 2.75) is 64.0 Å². The van der Waals surface area contributed by atoms with E-state index in [9.17, 15) is 0 Å². The van der Waals surface area contributed by atoms with Gasteiger partial charge in [-0.2, -0.15) is 0 Å². The minimum Gasteiger partial charge on any atom is -0.310 e. The second-order valence-corrected chi connectivity index (χ2v) is 6.64. The first-order chi connectivity index (χ1) is 8.15. The Hall–Kier alpha value is -0.0800. The number of likely N-dealkylation sites (N-methyl/N-ethyl adjacent to an activating group) is 1. The molecule has 4 unspecified atom stereocenters. The zero-order chi connectivity index (χ0) is 12.3. The maximum Gasteiger partial charge on any atom is 0.0169 e. The van der Waals surface area contributed by atoms with Crippen LogP contribution in [-0.4, -0.2) is 37.6 Å². The number of nitrogens with zero attached hydrogens (tertiary/aromatic N) is 1. The van der Waals surface area contributed by atoms with Crippen molar-refractivity contribution in [2.75, 3.05) is 20.6 Å². The number of rotatable bonds is 4. The van der Waals surface area contributed by atoms with Gasteiger partial charge < -0.3 is 10.2 Å². The minimum absolute atomic E-state index is 0.634. The molecular formula is C15H30N2. The van der Waals surface area contributed by atoms with Gasteiger partial charge in [-0.15, -0.1) is 0 Å². The molecule has 0 aliphatic heterocycles. The van der Waals surface area contributed by atoms with Crippen molar-refractivity contribution in [3.05, 3.63) is 0 Å². The molecule has 100 valence electrons. The quantitative estimate of drug-likeness (QED) is 0.810. The molecule has 0 radical (unpaired) electrons. The van der Waals surface area contributed by atoms with Gasteiger partial charge in [-0.25, -0.2) is 0 Å². The zero-order valence-corrected chi connectivity index (χ0v) is 11.9. The molecule has 2 aliphatic rings. The Labute approximate surface area is 107 Å². The maximum atomic E-state index is 3.84. The van der Waals surface area contributed by atoms with Gasteiger partial charge in [0.25, 0.3) is 0 Å². The molecule has 17 heavy (non-hydrogen) atoms. The van der Waals surface area contributed by atoms with E-state index in [1.54, 1.807) is 0 Å². The fourth-order valence-electron chi connectivity index (χ4n) is 4.03. The molecule has 0 spiro atoms. The van der Waals surface area contributed by atoms with Crippen molar-refractivity contribution in [3.8, 4) is 0 Å². The highest BCUT2D eigenvalue weighted by Crippen LogP contribution is 2.40. The molecule has 0 amide bonds. The van der Waals surface area contributed by atoms with Crippen LogP contribution < -0.4 is 5.32 Å². The fourth-order valence-corrected chi connectivity index (χ4v) is 4.03. The summed E-state index contributed by atoms with van der Waals surface area (Å²) in [7, 11) is 4.33. The Balaban J connectivity index is 1.75. The van der Waals surface area contributed by atoms with Crippen molar-refractivity contribution in [2.24, 2.45) is 11.8 Å². The summed E-state index contributed by atoms with van der Waals surface area (Å²) >= 11 is 0. The van der Waals surface area contributed by atoms with Gasteiger partial charge >= 0.3 is 0 Å². The molecular weight excluding hydrogens is 208 g/mol. The smallest absolute Gasteiger partial charge is 0.0169 e. The highest BCUT2D eigenvalue weighted by molar-refractivity contribution is 4.87. The molecule has 2 aliphatic carbocycles. The second kappa shape index (κ2) is 6.19. The topological polar surface area (TPSA) is 15.3 Å². The van der Waals surface area contributed by atoms with Gasteiger partial charge in [-0.05, 0) is 52.1 Å². The molecule has 2 rings (SSSR count). The van der Waals surface area contributed by atoms with E-state index in [0.29, 0.717) is 6.04 Å². The highest BCUT2D eigenvalue weighted by Gasteiger charge is 2.32. The predicted molar refractivity (Wildman–Crippen MR) is 74.2 cm³/mol. The summed E-state index contributed by atoms with van der Waals surface area (Å²) < 4.78 is 0. The Morgan fingerprint density at radius 2 is 1.76 bits per heavy atom. The summed E-state index contributed by atoms with van der Waals surface area (Å²) in [5.74, 6) is 2.12. The van der Waals surface area contributed by atoms with Crippen molar-refractivity contribution < 1.29 is 0 Å². The first kappa shape index (κ1) is 13.4. The van der Waals surface area contributed by atoms with E-state index in [-0.39, 0.29) is 0 Å². The van der Waals surface area contributed by atoms with Crippen LogP contribution >= 0.6 is 0 Å². The Morgan fingerprint density at radius 3 is 2.47 bits per heavy atom. The van der Waals surface area contributed by atoms with E-state index in [1.165, 1.54) is 44.9 Å². The molecule has 0 aromatic rings. The standard InChI is InChI=1S/C15H30N2/c1-12(11-17(2)3)16-15-9-8-13-6-4-5-7-14(13)10-15/h12-16H,4-11H2,1-3H3. The number of fused-ring (bicyclic) bond motifs is 1. The Morgan fingerprint density at radius 1 is 1.06 bits per heavy atom. The molecule has 0 aromatic carbocycles. The third-order valence-corrected chi connectivity index (χ3v) is 4.70. The monoisotopic (exact) mass is 238 g/mol. The van der Waals surface area contributed by atoms with Gasteiger partial charge in [0.15, 0.2) is 0 Å². The molecule has 2 heteroatoms. The summed E-state index contributed by atoms with van der Waals surface area (Å²) in [6.45, 7) is 3.48. The van der Waals surface area contributed by atoms with E-state index in [1.807, 2.05) is 0 Å². The summed E-state index contributed by atoms with van der Waals surface area (Å²) in [6.07, 6.45) is 10.4. The van der Waals surface area contributed by atoms with Gasteiger partial charge in [0.1, 0.15) is 0 Å². The molecule has 2 nitrogen and oxygen atoms in total. The van der Waals surface area contributed by atoms with Crippen LogP contribution in [0.5, 0.6) is 0 Å². The SMILES string of the molecule is CC(CN(C)C)NC1CCC2CCCCC2C1. The van der Waals surface area contributed by atoms with Gasteiger partial charge in [0.05, 0.1) is 0 Å².